The maximum atomic E-state index is 10.7. The molecule has 3 nitrogen and oxygen atoms in total. The molecule has 0 aliphatic rings. The summed E-state index contributed by atoms with van der Waals surface area (Å²) in [5.41, 5.74) is 5.88. The first kappa shape index (κ1) is 13.1. The van der Waals surface area contributed by atoms with Gasteiger partial charge in [-0.25, -0.2) is 0 Å². The van der Waals surface area contributed by atoms with Gasteiger partial charge >= 0.3 is 0 Å². The van der Waals surface area contributed by atoms with Gasteiger partial charge in [0.05, 0.1) is 0 Å². The molecule has 0 unspecified atom stereocenters. The highest BCUT2D eigenvalue weighted by Gasteiger charge is 2.07. The highest BCUT2D eigenvalue weighted by molar-refractivity contribution is 6.30. The molecule has 0 bridgehead atoms. The second-order valence-corrected chi connectivity index (χ2v) is 3.22. The zero-order chi connectivity index (χ0) is 9.84. The number of carbonyl (C=O) groups is 1. The van der Waals surface area contributed by atoms with Crippen molar-refractivity contribution >= 4 is 35.6 Å². The second-order valence-electron chi connectivity index (χ2n) is 2.78. The minimum atomic E-state index is -0.390. The standard InChI is InChI=1S/C9H11ClN2O.ClH/c1-6(9(11)13)12-8-4-2-3-7(10)5-8;/h2-6,12H,1H3,(H2,11,13);1H/t6-;/m1./s1. The molecular weight excluding hydrogens is 223 g/mol. The number of halogens is 2. The van der Waals surface area contributed by atoms with Gasteiger partial charge in [0.2, 0.25) is 5.91 Å². The van der Waals surface area contributed by atoms with Crippen LogP contribution in [0.5, 0.6) is 0 Å². The van der Waals surface area contributed by atoms with Crippen molar-refractivity contribution in [2.75, 3.05) is 5.32 Å². The van der Waals surface area contributed by atoms with Crippen LogP contribution in [0.15, 0.2) is 24.3 Å². The van der Waals surface area contributed by atoms with Gasteiger partial charge < -0.3 is 11.1 Å². The van der Waals surface area contributed by atoms with Crippen LogP contribution in [0.3, 0.4) is 0 Å². The first-order valence-electron chi connectivity index (χ1n) is 3.91. The molecule has 0 saturated heterocycles. The van der Waals surface area contributed by atoms with Gasteiger partial charge in [0, 0.05) is 10.7 Å². The molecule has 78 valence electrons. The van der Waals surface area contributed by atoms with Crippen molar-refractivity contribution in [1.29, 1.82) is 0 Å². The lowest BCUT2D eigenvalue weighted by atomic mass is 10.2. The van der Waals surface area contributed by atoms with Crippen molar-refractivity contribution in [3.63, 3.8) is 0 Å². The lowest BCUT2D eigenvalue weighted by Crippen LogP contribution is -2.32. The highest BCUT2D eigenvalue weighted by atomic mass is 35.5. The molecule has 14 heavy (non-hydrogen) atoms. The predicted octanol–water partition coefficient (Wildman–Crippen LogP) is 2.05. The Morgan fingerprint density at radius 1 is 1.57 bits per heavy atom. The summed E-state index contributed by atoms with van der Waals surface area (Å²) >= 11 is 5.75. The van der Waals surface area contributed by atoms with Gasteiger partial charge in [-0.1, -0.05) is 17.7 Å². The van der Waals surface area contributed by atoms with Gasteiger partial charge in [-0.2, -0.15) is 0 Å². The van der Waals surface area contributed by atoms with Crippen LogP contribution < -0.4 is 11.1 Å². The number of primary amides is 1. The van der Waals surface area contributed by atoms with Crippen molar-refractivity contribution in [3.05, 3.63) is 29.3 Å². The van der Waals surface area contributed by atoms with E-state index in [0.717, 1.165) is 5.69 Å². The molecule has 0 aliphatic heterocycles. The Morgan fingerprint density at radius 3 is 2.71 bits per heavy atom. The van der Waals surface area contributed by atoms with E-state index in [4.69, 9.17) is 17.3 Å². The highest BCUT2D eigenvalue weighted by Crippen LogP contribution is 2.15. The maximum absolute atomic E-state index is 10.7. The molecule has 0 spiro atoms. The molecule has 1 rings (SSSR count). The van der Waals surface area contributed by atoms with E-state index in [2.05, 4.69) is 5.32 Å². The minimum absolute atomic E-state index is 0. The van der Waals surface area contributed by atoms with Crippen LogP contribution in [-0.2, 0) is 4.79 Å². The third-order valence-electron chi connectivity index (χ3n) is 1.63. The number of hydrogen-bond donors (Lipinski definition) is 2. The van der Waals surface area contributed by atoms with E-state index in [-0.39, 0.29) is 18.3 Å². The van der Waals surface area contributed by atoms with Crippen LogP contribution in [-0.4, -0.2) is 11.9 Å². The summed E-state index contributed by atoms with van der Waals surface area (Å²) in [6, 6.07) is 6.74. The average molecular weight is 235 g/mol. The smallest absolute Gasteiger partial charge is 0.239 e. The number of nitrogens with two attached hydrogens (primary N) is 1. The summed E-state index contributed by atoms with van der Waals surface area (Å²) in [6.07, 6.45) is 0. The number of carbonyl (C=O) groups excluding carboxylic acids is 1. The second kappa shape index (κ2) is 5.73. The first-order valence-corrected chi connectivity index (χ1v) is 4.29. The Labute approximate surface area is 94.0 Å². The van der Waals surface area contributed by atoms with Crippen LogP contribution in [0, 0.1) is 0 Å². The lowest BCUT2D eigenvalue weighted by Gasteiger charge is -2.11. The van der Waals surface area contributed by atoms with E-state index in [9.17, 15) is 4.79 Å². The van der Waals surface area contributed by atoms with Crippen LogP contribution in [0.1, 0.15) is 6.92 Å². The Morgan fingerprint density at radius 2 is 2.21 bits per heavy atom. The Kier molecular flexibility index (Phi) is 5.35. The molecular formula is C9H12Cl2N2O. The van der Waals surface area contributed by atoms with E-state index >= 15 is 0 Å². The van der Waals surface area contributed by atoms with E-state index in [0.29, 0.717) is 5.02 Å². The van der Waals surface area contributed by atoms with Crippen molar-refractivity contribution in [2.45, 2.75) is 13.0 Å². The van der Waals surface area contributed by atoms with Gasteiger partial charge in [-0.3, -0.25) is 4.79 Å². The average Bonchev–Trinajstić information content (AvgIpc) is 2.04. The van der Waals surface area contributed by atoms with Gasteiger partial charge in [0.1, 0.15) is 6.04 Å². The largest absolute Gasteiger partial charge is 0.374 e. The molecule has 0 aliphatic carbocycles. The zero-order valence-corrected chi connectivity index (χ0v) is 9.23. The molecule has 1 aromatic rings. The van der Waals surface area contributed by atoms with Crippen LogP contribution in [0.4, 0.5) is 5.69 Å². The third kappa shape index (κ3) is 3.85. The van der Waals surface area contributed by atoms with Crippen molar-refractivity contribution < 1.29 is 4.79 Å². The number of nitrogens with one attached hydrogen (secondary N) is 1. The molecule has 1 atom stereocenters. The zero-order valence-electron chi connectivity index (χ0n) is 7.66. The van der Waals surface area contributed by atoms with Crippen molar-refractivity contribution in [1.82, 2.24) is 0 Å². The lowest BCUT2D eigenvalue weighted by molar-refractivity contribution is -0.118. The fourth-order valence-corrected chi connectivity index (χ4v) is 1.09. The van der Waals surface area contributed by atoms with Crippen molar-refractivity contribution in [2.24, 2.45) is 5.73 Å². The molecule has 1 amide bonds. The molecule has 0 heterocycles. The van der Waals surface area contributed by atoms with Gasteiger partial charge in [0.15, 0.2) is 0 Å². The third-order valence-corrected chi connectivity index (χ3v) is 1.87. The summed E-state index contributed by atoms with van der Waals surface area (Å²) in [5.74, 6) is -0.389. The fraction of sp³-hybridized carbons (Fsp3) is 0.222. The molecule has 5 heteroatoms. The van der Waals surface area contributed by atoms with E-state index < -0.39 is 6.04 Å². The van der Waals surface area contributed by atoms with Crippen LogP contribution in [0.2, 0.25) is 5.02 Å². The van der Waals surface area contributed by atoms with E-state index in [1.54, 1.807) is 25.1 Å². The van der Waals surface area contributed by atoms with Crippen LogP contribution in [0.25, 0.3) is 0 Å². The summed E-state index contributed by atoms with van der Waals surface area (Å²) < 4.78 is 0. The topological polar surface area (TPSA) is 55.1 Å². The summed E-state index contributed by atoms with van der Waals surface area (Å²) in [7, 11) is 0. The van der Waals surface area contributed by atoms with Gasteiger partial charge in [-0.05, 0) is 25.1 Å². The van der Waals surface area contributed by atoms with Crippen molar-refractivity contribution in [3.8, 4) is 0 Å². The Bertz CT molecular complexity index is 317. The molecule has 3 N–H and O–H groups in total. The maximum Gasteiger partial charge on any atom is 0.239 e. The normalized spacial score (nSPS) is 11.3. The monoisotopic (exact) mass is 234 g/mol. The minimum Gasteiger partial charge on any atom is -0.374 e. The quantitative estimate of drug-likeness (QED) is 0.842. The Balaban J connectivity index is 0.00000169. The number of benzene rings is 1. The summed E-state index contributed by atoms with van der Waals surface area (Å²) in [5, 5.41) is 3.55. The molecule has 0 fully saturated rings. The molecule has 0 aromatic heterocycles. The number of anilines is 1. The molecule has 1 aromatic carbocycles. The predicted molar refractivity (Wildman–Crippen MR) is 61.0 cm³/mol. The van der Waals surface area contributed by atoms with Gasteiger partial charge in [0.25, 0.3) is 0 Å². The number of rotatable bonds is 3. The molecule has 0 saturated carbocycles. The fourth-order valence-electron chi connectivity index (χ4n) is 0.899. The van der Waals surface area contributed by atoms with Crippen LogP contribution >= 0.6 is 24.0 Å². The first-order chi connectivity index (χ1) is 6.09. The van der Waals surface area contributed by atoms with E-state index in [1.807, 2.05) is 6.07 Å². The summed E-state index contributed by atoms with van der Waals surface area (Å²) in [4.78, 5) is 10.7. The number of hydrogen-bond acceptors (Lipinski definition) is 2. The van der Waals surface area contributed by atoms with Gasteiger partial charge in [-0.15, -0.1) is 12.4 Å². The Hall–Kier alpha value is -0.930. The summed E-state index contributed by atoms with van der Waals surface area (Å²) in [6.45, 7) is 1.70. The molecule has 0 radical (unpaired) electrons. The SMILES string of the molecule is C[C@@H](Nc1cccc(Cl)c1)C(N)=O.Cl. The number of amides is 1. The van der Waals surface area contributed by atoms with E-state index in [1.165, 1.54) is 0 Å².